The lowest BCUT2D eigenvalue weighted by molar-refractivity contribution is 0.668. The highest BCUT2D eigenvalue weighted by Crippen LogP contribution is 2.44. The summed E-state index contributed by atoms with van der Waals surface area (Å²) in [6.07, 6.45) is 0. The van der Waals surface area contributed by atoms with E-state index in [0.29, 0.717) is 17.5 Å². The summed E-state index contributed by atoms with van der Waals surface area (Å²) in [6.45, 7) is 0. The van der Waals surface area contributed by atoms with Crippen LogP contribution in [-0.2, 0) is 0 Å². The van der Waals surface area contributed by atoms with Crippen LogP contribution in [0.3, 0.4) is 0 Å². The summed E-state index contributed by atoms with van der Waals surface area (Å²) < 4.78 is 13.0. The van der Waals surface area contributed by atoms with E-state index in [1.807, 2.05) is 72.8 Å². The van der Waals surface area contributed by atoms with Crippen LogP contribution in [0.25, 0.3) is 123 Å². The Labute approximate surface area is 357 Å². The van der Waals surface area contributed by atoms with Crippen molar-refractivity contribution in [1.82, 2.24) is 15.0 Å². The van der Waals surface area contributed by atoms with Gasteiger partial charge in [0.25, 0.3) is 0 Å². The number of hydrogen-bond acceptors (Lipinski definition) is 5. The van der Waals surface area contributed by atoms with Gasteiger partial charge in [-0.15, -0.1) is 0 Å². The van der Waals surface area contributed by atoms with Gasteiger partial charge in [-0.3, -0.25) is 0 Å². The molecule has 0 aliphatic carbocycles. The quantitative estimate of drug-likeness (QED) is 0.161. The zero-order chi connectivity index (χ0) is 41.0. The lowest BCUT2D eigenvalue weighted by Crippen LogP contribution is -2.00. The molecule has 0 aliphatic heterocycles. The van der Waals surface area contributed by atoms with Gasteiger partial charge >= 0.3 is 0 Å². The van der Waals surface area contributed by atoms with Crippen LogP contribution in [0.1, 0.15) is 0 Å². The fourth-order valence-corrected chi connectivity index (χ4v) is 8.84. The first-order valence-corrected chi connectivity index (χ1v) is 20.8. The summed E-state index contributed by atoms with van der Waals surface area (Å²) in [5.74, 6) is 1.90. The minimum absolute atomic E-state index is 0.625. The average Bonchev–Trinajstić information content (AvgIpc) is 3.93. The van der Waals surface area contributed by atoms with Crippen LogP contribution in [0.2, 0.25) is 0 Å². The molecule has 0 atom stereocenters. The second kappa shape index (κ2) is 14.7. The predicted molar refractivity (Wildman–Crippen MR) is 252 cm³/mol. The zero-order valence-corrected chi connectivity index (χ0v) is 33.4. The minimum atomic E-state index is 0.625. The standard InChI is InChI=1S/C57H35N3O2/c1-3-15-36(16-4-1)55-58-56(37-17-5-2-6-18-37)60-57(59-55)42-22-12-21-40(34-42)38-19-11-20-39(33-38)41-31-32-48-52(35-41)62-51-30-14-27-46(54(48)51)44-24-8-7-23-43(44)45-26-13-29-50-53(45)47-25-9-10-28-49(47)61-50/h1-35H. The Kier molecular flexibility index (Phi) is 8.42. The zero-order valence-electron chi connectivity index (χ0n) is 33.4. The van der Waals surface area contributed by atoms with Gasteiger partial charge in [-0.05, 0) is 87.0 Å². The average molecular weight is 794 g/mol. The summed E-state index contributed by atoms with van der Waals surface area (Å²) in [5, 5.41) is 4.41. The van der Waals surface area contributed by atoms with Gasteiger partial charge in [-0.1, -0.05) is 170 Å². The summed E-state index contributed by atoms with van der Waals surface area (Å²) in [5.41, 5.74) is 15.2. The summed E-state index contributed by atoms with van der Waals surface area (Å²) in [4.78, 5) is 14.8. The molecule has 0 amide bonds. The van der Waals surface area contributed by atoms with E-state index < -0.39 is 0 Å². The molecule has 9 aromatic carbocycles. The number of para-hydroxylation sites is 1. The molecule has 0 fully saturated rings. The number of nitrogens with zero attached hydrogens (tertiary/aromatic N) is 3. The van der Waals surface area contributed by atoms with E-state index in [2.05, 4.69) is 140 Å². The predicted octanol–water partition coefficient (Wildman–Crippen LogP) is 15.3. The Morgan fingerprint density at radius 3 is 1.23 bits per heavy atom. The van der Waals surface area contributed by atoms with Crippen molar-refractivity contribution in [1.29, 1.82) is 0 Å². The monoisotopic (exact) mass is 793 g/mol. The largest absolute Gasteiger partial charge is 0.456 e. The molecule has 0 saturated heterocycles. The van der Waals surface area contributed by atoms with Crippen molar-refractivity contribution in [3.8, 4) is 78.7 Å². The lowest BCUT2D eigenvalue weighted by atomic mass is 9.90. The second-order valence-electron chi connectivity index (χ2n) is 15.5. The molecule has 5 nitrogen and oxygen atoms in total. The first-order chi connectivity index (χ1) is 30.7. The number of furan rings is 2. The van der Waals surface area contributed by atoms with Crippen LogP contribution >= 0.6 is 0 Å². The number of benzene rings is 9. The second-order valence-corrected chi connectivity index (χ2v) is 15.5. The lowest BCUT2D eigenvalue weighted by Gasteiger charge is -2.12. The van der Waals surface area contributed by atoms with Gasteiger partial charge in [0.2, 0.25) is 0 Å². The van der Waals surface area contributed by atoms with Crippen molar-refractivity contribution in [2.45, 2.75) is 0 Å². The first-order valence-electron chi connectivity index (χ1n) is 20.8. The van der Waals surface area contributed by atoms with E-state index >= 15 is 0 Å². The topological polar surface area (TPSA) is 65.0 Å². The summed E-state index contributed by atoms with van der Waals surface area (Å²) in [6, 6.07) is 73.4. The number of aromatic nitrogens is 3. The SMILES string of the molecule is c1ccc(-c2nc(-c3ccccc3)nc(-c3cccc(-c4cccc(-c5ccc6c(c5)oc5cccc(-c7ccccc7-c7cccc8oc9ccccc9c78)c56)c4)c3)n2)cc1. The molecule has 12 aromatic rings. The van der Waals surface area contributed by atoms with Gasteiger partial charge in [-0.2, -0.15) is 0 Å². The van der Waals surface area contributed by atoms with Crippen molar-refractivity contribution in [2.75, 3.05) is 0 Å². The van der Waals surface area contributed by atoms with Crippen LogP contribution in [0, 0.1) is 0 Å². The third-order valence-corrected chi connectivity index (χ3v) is 11.8. The maximum absolute atomic E-state index is 6.67. The smallest absolute Gasteiger partial charge is 0.164 e. The van der Waals surface area contributed by atoms with Gasteiger partial charge in [0.05, 0.1) is 0 Å². The van der Waals surface area contributed by atoms with E-state index in [4.69, 9.17) is 23.8 Å². The van der Waals surface area contributed by atoms with Gasteiger partial charge < -0.3 is 8.83 Å². The number of rotatable bonds is 7. The summed E-state index contributed by atoms with van der Waals surface area (Å²) >= 11 is 0. The third-order valence-electron chi connectivity index (χ3n) is 11.8. The van der Waals surface area contributed by atoms with Crippen molar-refractivity contribution >= 4 is 43.9 Å². The number of hydrogen-bond donors (Lipinski definition) is 0. The Bertz CT molecular complexity index is 3590. The van der Waals surface area contributed by atoms with E-state index in [1.54, 1.807) is 0 Å². The molecule has 3 heterocycles. The van der Waals surface area contributed by atoms with Crippen molar-refractivity contribution in [3.63, 3.8) is 0 Å². The van der Waals surface area contributed by atoms with Crippen LogP contribution < -0.4 is 0 Å². The molecule has 12 rings (SSSR count). The van der Waals surface area contributed by atoms with Crippen LogP contribution in [0.15, 0.2) is 221 Å². The van der Waals surface area contributed by atoms with Gasteiger partial charge in [0, 0.05) is 38.2 Å². The molecule has 0 aliphatic rings. The van der Waals surface area contributed by atoms with Crippen LogP contribution in [0.5, 0.6) is 0 Å². The van der Waals surface area contributed by atoms with Gasteiger partial charge in [0.15, 0.2) is 17.5 Å². The Morgan fingerprint density at radius 2 is 0.629 bits per heavy atom. The summed E-state index contributed by atoms with van der Waals surface area (Å²) in [7, 11) is 0. The van der Waals surface area contributed by atoms with E-state index in [0.717, 1.165) is 105 Å². The van der Waals surface area contributed by atoms with Crippen molar-refractivity contribution in [3.05, 3.63) is 212 Å². The maximum atomic E-state index is 6.67. The normalized spacial score (nSPS) is 11.5. The van der Waals surface area contributed by atoms with Crippen molar-refractivity contribution in [2.24, 2.45) is 0 Å². The van der Waals surface area contributed by atoms with E-state index in [1.165, 1.54) is 0 Å². The fourth-order valence-electron chi connectivity index (χ4n) is 8.84. The molecule has 0 saturated carbocycles. The van der Waals surface area contributed by atoms with Gasteiger partial charge in [0.1, 0.15) is 22.3 Å². The van der Waals surface area contributed by atoms with Crippen molar-refractivity contribution < 1.29 is 8.83 Å². The fraction of sp³-hybridized carbons (Fsp3) is 0. The molecule has 290 valence electrons. The number of fused-ring (bicyclic) bond motifs is 6. The maximum Gasteiger partial charge on any atom is 0.164 e. The first kappa shape index (κ1) is 35.5. The Hall–Kier alpha value is -8.41. The molecule has 0 unspecified atom stereocenters. The van der Waals surface area contributed by atoms with E-state index in [9.17, 15) is 0 Å². The van der Waals surface area contributed by atoms with Crippen LogP contribution in [-0.4, -0.2) is 15.0 Å². The van der Waals surface area contributed by atoms with Crippen LogP contribution in [0.4, 0.5) is 0 Å². The molecule has 0 radical (unpaired) electrons. The molecule has 62 heavy (non-hydrogen) atoms. The highest BCUT2D eigenvalue weighted by Gasteiger charge is 2.19. The molecular formula is C57H35N3O2. The van der Waals surface area contributed by atoms with Gasteiger partial charge in [-0.25, -0.2) is 15.0 Å². The Balaban J connectivity index is 0.918. The highest BCUT2D eigenvalue weighted by atomic mass is 16.3. The molecule has 5 heteroatoms. The Morgan fingerprint density at radius 1 is 0.242 bits per heavy atom. The molecule has 0 N–H and O–H groups in total. The van der Waals surface area contributed by atoms with E-state index in [-0.39, 0.29) is 0 Å². The molecule has 0 bridgehead atoms. The molecule has 0 spiro atoms. The third kappa shape index (κ3) is 6.14. The molecule has 3 aromatic heterocycles. The molecular weight excluding hydrogens is 759 g/mol. The minimum Gasteiger partial charge on any atom is -0.456 e. The highest BCUT2D eigenvalue weighted by molar-refractivity contribution is 6.17.